The Morgan fingerprint density at radius 2 is 1.88 bits per heavy atom. The maximum atomic E-state index is 10.3. The number of nitrogens with one attached hydrogen (secondary N) is 1. The lowest BCUT2D eigenvalue weighted by Crippen LogP contribution is -2.53. The van der Waals surface area contributed by atoms with Crippen molar-refractivity contribution in [3.8, 4) is 0 Å². The summed E-state index contributed by atoms with van der Waals surface area (Å²) in [5, 5.41) is 13.6. The van der Waals surface area contributed by atoms with Crippen LogP contribution in [0.1, 0.15) is 32.4 Å². The number of aliphatic imine (C=N–C) groups is 1. The number of halogens is 1. The van der Waals surface area contributed by atoms with Gasteiger partial charge in [-0.1, -0.05) is 13.8 Å². The van der Waals surface area contributed by atoms with Crippen LogP contribution in [-0.4, -0.2) is 71.7 Å². The molecule has 1 saturated heterocycles. The molecule has 2 N–H and O–H groups in total. The number of hydrogen-bond donors (Lipinski definition) is 2. The molecular weight excluding hydrogens is 429 g/mol. The zero-order valence-corrected chi connectivity index (χ0v) is 17.9. The van der Waals surface area contributed by atoms with Crippen LogP contribution in [0, 0.1) is 5.92 Å². The Bertz CT molecular complexity index is 503. The summed E-state index contributed by atoms with van der Waals surface area (Å²) in [6, 6.07) is 3.66. The number of nitrogens with zero attached hydrogens (tertiary/aromatic N) is 4. The molecule has 1 aliphatic rings. The van der Waals surface area contributed by atoms with E-state index in [1.54, 1.807) is 12.4 Å². The number of pyridine rings is 1. The molecule has 6 nitrogen and oxygen atoms in total. The molecule has 0 radical (unpaired) electrons. The zero-order chi connectivity index (χ0) is 17.4. The average Bonchev–Trinajstić information content (AvgIpc) is 2.59. The van der Waals surface area contributed by atoms with Crippen LogP contribution in [0.25, 0.3) is 0 Å². The predicted molar refractivity (Wildman–Crippen MR) is 113 cm³/mol. The molecule has 1 unspecified atom stereocenters. The number of aliphatic hydroxyl groups excluding tert-OH is 1. The minimum Gasteiger partial charge on any atom is -0.386 e. The molecule has 1 fully saturated rings. The number of guanidine groups is 1. The van der Waals surface area contributed by atoms with Crippen molar-refractivity contribution in [2.24, 2.45) is 10.9 Å². The molecule has 1 aliphatic heterocycles. The zero-order valence-electron chi connectivity index (χ0n) is 15.6. The molecule has 0 bridgehead atoms. The highest BCUT2D eigenvalue weighted by Crippen LogP contribution is 2.12. The molecule has 1 aromatic rings. The van der Waals surface area contributed by atoms with Crippen molar-refractivity contribution in [1.29, 1.82) is 0 Å². The summed E-state index contributed by atoms with van der Waals surface area (Å²) in [7, 11) is 0. The van der Waals surface area contributed by atoms with Crippen LogP contribution >= 0.6 is 24.0 Å². The number of rotatable bonds is 6. The van der Waals surface area contributed by atoms with Gasteiger partial charge in [0.05, 0.1) is 12.6 Å². The Morgan fingerprint density at radius 1 is 1.24 bits per heavy atom. The van der Waals surface area contributed by atoms with E-state index in [0.717, 1.165) is 50.8 Å². The third-order valence-corrected chi connectivity index (χ3v) is 4.13. The summed E-state index contributed by atoms with van der Waals surface area (Å²) in [4.78, 5) is 13.4. The second kappa shape index (κ2) is 11.6. The molecule has 1 atom stereocenters. The van der Waals surface area contributed by atoms with Crippen molar-refractivity contribution in [3.63, 3.8) is 0 Å². The monoisotopic (exact) mass is 461 g/mol. The minimum atomic E-state index is -0.594. The van der Waals surface area contributed by atoms with Gasteiger partial charge in [-0.3, -0.25) is 14.9 Å². The van der Waals surface area contributed by atoms with E-state index < -0.39 is 6.10 Å². The second-order valence-electron chi connectivity index (χ2n) is 6.67. The summed E-state index contributed by atoms with van der Waals surface area (Å²) in [5.74, 6) is 1.60. The van der Waals surface area contributed by atoms with Crippen LogP contribution in [-0.2, 0) is 0 Å². The van der Waals surface area contributed by atoms with E-state index in [-0.39, 0.29) is 24.0 Å². The van der Waals surface area contributed by atoms with E-state index in [9.17, 15) is 5.11 Å². The summed E-state index contributed by atoms with van der Waals surface area (Å²) < 4.78 is 0. The topological polar surface area (TPSA) is 64.0 Å². The van der Waals surface area contributed by atoms with Gasteiger partial charge < -0.3 is 15.3 Å². The molecule has 142 valence electrons. The smallest absolute Gasteiger partial charge is 0.194 e. The Morgan fingerprint density at radius 3 is 2.44 bits per heavy atom. The van der Waals surface area contributed by atoms with Crippen LogP contribution in [0.3, 0.4) is 0 Å². The first-order valence-corrected chi connectivity index (χ1v) is 8.93. The molecule has 0 aromatic carbocycles. The fraction of sp³-hybridized carbons (Fsp3) is 0.667. The molecule has 2 heterocycles. The van der Waals surface area contributed by atoms with Crippen molar-refractivity contribution >= 4 is 29.9 Å². The molecule has 0 spiro atoms. The van der Waals surface area contributed by atoms with Crippen LogP contribution in [0.5, 0.6) is 0 Å². The fourth-order valence-corrected chi connectivity index (χ4v) is 2.95. The van der Waals surface area contributed by atoms with Crippen LogP contribution in [0.4, 0.5) is 0 Å². The largest absolute Gasteiger partial charge is 0.386 e. The summed E-state index contributed by atoms with van der Waals surface area (Å²) in [6.07, 6.45) is 2.80. The van der Waals surface area contributed by atoms with E-state index in [0.29, 0.717) is 12.5 Å². The third kappa shape index (κ3) is 7.45. The van der Waals surface area contributed by atoms with Gasteiger partial charge in [0.1, 0.15) is 0 Å². The van der Waals surface area contributed by atoms with Crippen molar-refractivity contribution in [1.82, 2.24) is 20.1 Å². The van der Waals surface area contributed by atoms with E-state index in [2.05, 4.69) is 45.9 Å². The van der Waals surface area contributed by atoms with Gasteiger partial charge in [-0.2, -0.15) is 0 Å². The van der Waals surface area contributed by atoms with Gasteiger partial charge in [0.2, 0.25) is 0 Å². The van der Waals surface area contributed by atoms with Gasteiger partial charge in [0.25, 0.3) is 0 Å². The van der Waals surface area contributed by atoms with Gasteiger partial charge in [0, 0.05) is 51.7 Å². The Balaban J connectivity index is 0.00000312. The van der Waals surface area contributed by atoms with E-state index in [1.807, 2.05) is 12.1 Å². The second-order valence-corrected chi connectivity index (χ2v) is 6.67. The highest BCUT2D eigenvalue weighted by atomic mass is 127. The minimum absolute atomic E-state index is 0. The van der Waals surface area contributed by atoms with Gasteiger partial charge >= 0.3 is 0 Å². The van der Waals surface area contributed by atoms with Gasteiger partial charge in [0.15, 0.2) is 5.96 Å². The first-order chi connectivity index (χ1) is 11.6. The number of aliphatic hydroxyl groups is 1. The van der Waals surface area contributed by atoms with Gasteiger partial charge in [-0.15, -0.1) is 24.0 Å². The van der Waals surface area contributed by atoms with Crippen LogP contribution < -0.4 is 5.32 Å². The molecule has 1 aromatic heterocycles. The standard InChI is InChI=1S/C18H31N5O.HI/c1-4-20-18(21-13-17(24)16-5-7-19-8-6-16)23-11-9-22(10-12-23)14-15(2)3;/h5-8,15,17,24H,4,9-14H2,1-3H3,(H,20,21);1H. The lowest BCUT2D eigenvalue weighted by Gasteiger charge is -2.37. The van der Waals surface area contributed by atoms with E-state index in [4.69, 9.17) is 0 Å². The summed E-state index contributed by atoms with van der Waals surface area (Å²) in [5.41, 5.74) is 0.853. The van der Waals surface area contributed by atoms with Crippen molar-refractivity contribution < 1.29 is 5.11 Å². The van der Waals surface area contributed by atoms with Crippen molar-refractivity contribution in [2.45, 2.75) is 26.9 Å². The molecule has 25 heavy (non-hydrogen) atoms. The quantitative estimate of drug-likeness (QED) is 0.386. The van der Waals surface area contributed by atoms with Crippen LogP contribution in [0.15, 0.2) is 29.5 Å². The highest BCUT2D eigenvalue weighted by Gasteiger charge is 2.20. The highest BCUT2D eigenvalue weighted by molar-refractivity contribution is 14.0. The molecule has 0 amide bonds. The predicted octanol–water partition coefficient (Wildman–Crippen LogP) is 1.97. The summed E-state index contributed by atoms with van der Waals surface area (Å²) >= 11 is 0. The van der Waals surface area contributed by atoms with Crippen molar-refractivity contribution in [3.05, 3.63) is 30.1 Å². The normalized spacial score (nSPS) is 17.3. The SMILES string of the molecule is CCNC(=NCC(O)c1ccncc1)N1CCN(CC(C)C)CC1.I. The third-order valence-electron chi connectivity index (χ3n) is 4.13. The Kier molecular flexibility index (Phi) is 10.3. The molecule has 0 aliphatic carbocycles. The Labute approximate surface area is 168 Å². The first-order valence-electron chi connectivity index (χ1n) is 8.93. The van der Waals surface area contributed by atoms with Gasteiger partial charge in [-0.25, -0.2) is 0 Å². The molecule has 0 saturated carbocycles. The Hall–Kier alpha value is -0.930. The van der Waals surface area contributed by atoms with E-state index >= 15 is 0 Å². The maximum absolute atomic E-state index is 10.3. The number of aromatic nitrogens is 1. The first kappa shape index (κ1) is 22.1. The lowest BCUT2D eigenvalue weighted by atomic mass is 10.1. The fourth-order valence-electron chi connectivity index (χ4n) is 2.95. The van der Waals surface area contributed by atoms with Crippen LogP contribution in [0.2, 0.25) is 0 Å². The number of hydrogen-bond acceptors (Lipinski definition) is 4. The van der Waals surface area contributed by atoms with Crippen molar-refractivity contribution in [2.75, 3.05) is 45.8 Å². The number of piperazine rings is 1. The molecular formula is C18H32IN5O. The molecule has 7 heteroatoms. The molecule has 2 rings (SSSR count). The van der Waals surface area contributed by atoms with E-state index in [1.165, 1.54) is 0 Å². The summed E-state index contributed by atoms with van der Waals surface area (Å²) in [6.45, 7) is 13.0. The average molecular weight is 461 g/mol. The van der Waals surface area contributed by atoms with Gasteiger partial charge in [-0.05, 0) is 30.5 Å². The maximum Gasteiger partial charge on any atom is 0.194 e. The lowest BCUT2D eigenvalue weighted by molar-refractivity contribution is 0.162.